The van der Waals surface area contributed by atoms with Crippen LogP contribution in [0.25, 0.3) is 10.8 Å². The van der Waals surface area contributed by atoms with Gasteiger partial charge in [0, 0.05) is 29.9 Å². The maximum absolute atomic E-state index is 11.2. The molecule has 2 aromatic carbocycles. The summed E-state index contributed by atoms with van der Waals surface area (Å²) in [5.74, 6) is 1.18. The summed E-state index contributed by atoms with van der Waals surface area (Å²) >= 11 is 0. The number of ether oxygens (including phenoxy) is 3. The number of hydrogen-bond donors (Lipinski definition) is 0. The highest BCUT2D eigenvalue weighted by molar-refractivity contribution is 5.85. The summed E-state index contributed by atoms with van der Waals surface area (Å²) in [6.07, 6.45) is 2.67. The summed E-state index contributed by atoms with van der Waals surface area (Å²) in [4.78, 5) is 13.6. The van der Waals surface area contributed by atoms with Crippen molar-refractivity contribution in [3.63, 3.8) is 0 Å². The fraction of sp³-hybridized carbons (Fsp3) is 0.375. The molecule has 0 bridgehead atoms. The zero-order chi connectivity index (χ0) is 20.9. The SMILES string of the molecule is COC(=O)COc1ccc(CC(C)N2CCOC(c3occ4ccccc34)C2)cc1.Cl. The van der Waals surface area contributed by atoms with E-state index in [2.05, 4.69) is 28.7 Å². The van der Waals surface area contributed by atoms with E-state index in [1.807, 2.05) is 36.4 Å². The second kappa shape index (κ2) is 10.7. The predicted molar refractivity (Wildman–Crippen MR) is 121 cm³/mol. The van der Waals surface area contributed by atoms with Crippen molar-refractivity contribution >= 4 is 29.1 Å². The van der Waals surface area contributed by atoms with Crippen molar-refractivity contribution in [1.82, 2.24) is 4.90 Å². The second-order valence-electron chi connectivity index (χ2n) is 7.60. The van der Waals surface area contributed by atoms with Crippen LogP contribution in [0.3, 0.4) is 0 Å². The van der Waals surface area contributed by atoms with Gasteiger partial charge in [-0.15, -0.1) is 12.4 Å². The Hall–Kier alpha value is -2.54. The first-order chi connectivity index (χ1) is 14.6. The van der Waals surface area contributed by atoms with Crippen molar-refractivity contribution in [2.75, 3.05) is 33.4 Å². The molecule has 2 unspecified atom stereocenters. The number of furan rings is 1. The summed E-state index contributed by atoms with van der Waals surface area (Å²) in [5.41, 5.74) is 1.22. The summed E-state index contributed by atoms with van der Waals surface area (Å²) in [5, 5.41) is 2.23. The minimum atomic E-state index is -0.390. The second-order valence-corrected chi connectivity index (χ2v) is 7.60. The van der Waals surface area contributed by atoms with Gasteiger partial charge in [-0.2, -0.15) is 0 Å². The number of methoxy groups -OCH3 is 1. The molecule has 7 heteroatoms. The molecular weight excluding hydrogens is 418 g/mol. The monoisotopic (exact) mass is 445 g/mol. The normalized spacial score (nSPS) is 17.7. The number of esters is 1. The van der Waals surface area contributed by atoms with Crippen molar-refractivity contribution in [3.8, 4) is 5.75 Å². The quantitative estimate of drug-likeness (QED) is 0.502. The van der Waals surface area contributed by atoms with E-state index < -0.39 is 0 Å². The largest absolute Gasteiger partial charge is 0.482 e. The molecule has 1 fully saturated rings. The Balaban J connectivity index is 0.00000272. The molecule has 0 saturated carbocycles. The van der Waals surface area contributed by atoms with Crippen molar-refractivity contribution in [3.05, 3.63) is 66.1 Å². The van der Waals surface area contributed by atoms with Gasteiger partial charge in [-0.05, 0) is 31.0 Å². The molecule has 1 aliphatic rings. The lowest BCUT2D eigenvalue weighted by Gasteiger charge is -2.36. The van der Waals surface area contributed by atoms with E-state index in [1.165, 1.54) is 12.7 Å². The Morgan fingerprint density at radius 1 is 1.19 bits per heavy atom. The number of carbonyl (C=O) groups is 1. The van der Waals surface area contributed by atoms with Crippen LogP contribution < -0.4 is 4.74 Å². The summed E-state index contributed by atoms with van der Waals surface area (Å²) in [6.45, 7) is 4.55. The fourth-order valence-corrected chi connectivity index (χ4v) is 3.89. The van der Waals surface area contributed by atoms with Gasteiger partial charge in [0.1, 0.15) is 17.6 Å². The van der Waals surface area contributed by atoms with Crippen LogP contribution in [-0.4, -0.2) is 50.3 Å². The Labute approximate surface area is 188 Å². The molecule has 1 aromatic heterocycles. The third kappa shape index (κ3) is 5.58. The first-order valence-corrected chi connectivity index (χ1v) is 10.2. The summed E-state index contributed by atoms with van der Waals surface area (Å²) in [7, 11) is 1.35. The number of rotatable bonds is 7. The average Bonchev–Trinajstić information content (AvgIpc) is 3.22. The molecule has 166 valence electrons. The van der Waals surface area contributed by atoms with Crippen LogP contribution in [-0.2, 0) is 20.7 Å². The Morgan fingerprint density at radius 2 is 1.97 bits per heavy atom. The van der Waals surface area contributed by atoms with Gasteiger partial charge in [0.15, 0.2) is 6.61 Å². The molecular formula is C24H28ClNO5. The van der Waals surface area contributed by atoms with Gasteiger partial charge >= 0.3 is 5.97 Å². The van der Waals surface area contributed by atoms with Gasteiger partial charge in [0.05, 0.1) is 20.0 Å². The predicted octanol–water partition coefficient (Wildman–Crippen LogP) is 4.41. The van der Waals surface area contributed by atoms with Gasteiger partial charge in [-0.3, -0.25) is 4.90 Å². The molecule has 6 nitrogen and oxygen atoms in total. The Kier molecular flexibility index (Phi) is 7.96. The lowest BCUT2D eigenvalue weighted by Crippen LogP contribution is -2.44. The number of hydrogen-bond acceptors (Lipinski definition) is 6. The molecule has 0 aliphatic carbocycles. The first kappa shape index (κ1) is 23.1. The van der Waals surface area contributed by atoms with Gasteiger partial charge in [-0.25, -0.2) is 4.79 Å². The van der Waals surface area contributed by atoms with Crippen molar-refractivity contribution in [2.24, 2.45) is 0 Å². The fourth-order valence-electron chi connectivity index (χ4n) is 3.89. The van der Waals surface area contributed by atoms with E-state index in [0.717, 1.165) is 36.0 Å². The standard InChI is InChI=1S/C24H27NO5.ClH/c1-17(13-18-7-9-20(10-8-18)29-16-23(26)27-2)25-11-12-28-22(14-25)24-21-6-4-3-5-19(21)15-30-24;/h3-10,15,17,22H,11-14,16H2,1-2H3;1H. The minimum Gasteiger partial charge on any atom is -0.482 e. The molecule has 0 N–H and O–H groups in total. The topological polar surface area (TPSA) is 61.1 Å². The minimum absolute atomic E-state index is 0. The highest BCUT2D eigenvalue weighted by Gasteiger charge is 2.28. The average molecular weight is 446 g/mol. The van der Waals surface area contributed by atoms with Crippen molar-refractivity contribution < 1.29 is 23.4 Å². The maximum Gasteiger partial charge on any atom is 0.343 e. The molecule has 3 aromatic rings. The number of carbonyl (C=O) groups excluding carboxylic acids is 1. The van der Waals surface area contributed by atoms with E-state index in [1.54, 1.807) is 6.26 Å². The molecule has 2 heterocycles. The Morgan fingerprint density at radius 3 is 2.74 bits per heavy atom. The molecule has 2 atom stereocenters. The smallest absolute Gasteiger partial charge is 0.343 e. The highest BCUT2D eigenvalue weighted by Crippen LogP contribution is 2.31. The molecule has 0 amide bonds. The lowest BCUT2D eigenvalue weighted by molar-refractivity contribution is -0.142. The van der Waals surface area contributed by atoms with E-state index >= 15 is 0 Å². The Bertz CT molecular complexity index is 987. The van der Waals surface area contributed by atoms with Gasteiger partial charge in [0.2, 0.25) is 0 Å². The van der Waals surface area contributed by atoms with Crippen LogP contribution in [0.2, 0.25) is 0 Å². The molecule has 0 radical (unpaired) electrons. The lowest BCUT2D eigenvalue weighted by atomic mass is 10.0. The first-order valence-electron chi connectivity index (χ1n) is 10.2. The summed E-state index contributed by atoms with van der Waals surface area (Å²) in [6, 6.07) is 16.4. The molecule has 31 heavy (non-hydrogen) atoms. The van der Waals surface area contributed by atoms with E-state index in [4.69, 9.17) is 13.9 Å². The van der Waals surface area contributed by atoms with Crippen LogP contribution in [0, 0.1) is 0 Å². The van der Waals surface area contributed by atoms with Crippen LogP contribution in [0.15, 0.2) is 59.2 Å². The van der Waals surface area contributed by atoms with Crippen LogP contribution in [0.4, 0.5) is 0 Å². The number of morpholine rings is 1. The van der Waals surface area contributed by atoms with E-state index in [0.29, 0.717) is 18.4 Å². The molecule has 4 rings (SSSR count). The third-order valence-electron chi connectivity index (χ3n) is 5.59. The zero-order valence-corrected chi connectivity index (χ0v) is 18.6. The van der Waals surface area contributed by atoms with Crippen LogP contribution in [0.1, 0.15) is 24.4 Å². The number of nitrogens with zero attached hydrogens (tertiary/aromatic N) is 1. The van der Waals surface area contributed by atoms with Crippen LogP contribution in [0.5, 0.6) is 5.75 Å². The van der Waals surface area contributed by atoms with Crippen LogP contribution >= 0.6 is 12.4 Å². The number of halogens is 1. The molecule has 1 aliphatic heterocycles. The third-order valence-corrected chi connectivity index (χ3v) is 5.59. The van der Waals surface area contributed by atoms with E-state index in [-0.39, 0.29) is 31.1 Å². The van der Waals surface area contributed by atoms with Gasteiger partial charge in [0.25, 0.3) is 0 Å². The number of benzene rings is 2. The summed E-state index contributed by atoms with van der Waals surface area (Å²) < 4.78 is 21.9. The number of fused-ring (bicyclic) bond motifs is 1. The van der Waals surface area contributed by atoms with E-state index in [9.17, 15) is 4.79 Å². The van der Waals surface area contributed by atoms with Gasteiger partial charge < -0.3 is 18.6 Å². The zero-order valence-electron chi connectivity index (χ0n) is 17.8. The van der Waals surface area contributed by atoms with Crippen molar-refractivity contribution in [2.45, 2.75) is 25.5 Å². The van der Waals surface area contributed by atoms with Gasteiger partial charge in [-0.1, -0.05) is 36.4 Å². The highest BCUT2D eigenvalue weighted by atomic mass is 35.5. The molecule has 1 saturated heterocycles. The maximum atomic E-state index is 11.2. The van der Waals surface area contributed by atoms with Crippen molar-refractivity contribution in [1.29, 1.82) is 0 Å². The molecule has 0 spiro atoms.